The predicted molar refractivity (Wildman–Crippen MR) is 129 cm³/mol. The number of carbonyl (C=O) groups excluding carboxylic acids is 2. The molecule has 0 spiro atoms. The Kier molecular flexibility index (Phi) is 6.21. The lowest BCUT2D eigenvalue weighted by Gasteiger charge is -2.30. The van der Waals surface area contributed by atoms with E-state index in [9.17, 15) is 24.8 Å². The van der Waals surface area contributed by atoms with Gasteiger partial charge in [0.25, 0.3) is 5.69 Å². The summed E-state index contributed by atoms with van der Waals surface area (Å²) in [5, 5.41) is 25.9. The van der Waals surface area contributed by atoms with Gasteiger partial charge in [0.2, 0.25) is 0 Å². The van der Waals surface area contributed by atoms with Crippen molar-refractivity contribution in [1.82, 2.24) is 5.16 Å². The van der Waals surface area contributed by atoms with Gasteiger partial charge < -0.3 is 9.63 Å². The molecule has 4 rings (SSSR count). The normalized spacial score (nSPS) is 19.6. The number of non-ortho nitro benzene ring substituents is 1. The van der Waals surface area contributed by atoms with E-state index in [-0.39, 0.29) is 52.3 Å². The summed E-state index contributed by atoms with van der Waals surface area (Å²) < 4.78 is 5.49. The number of benzene rings is 1. The number of allylic oxidation sites excluding steroid dienone is 2. The first-order chi connectivity index (χ1) is 16.3. The average molecular weight is 480 g/mol. The number of aliphatic hydroxyl groups is 1. The van der Waals surface area contributed by atoms with E-state index < -0.39 is 4.92 Å². The quantitative estimate of drug-likeness (QED) is 0.321. The van der Waals surface area contributed by atoms with Gasteiger partial charge in [-0.1, -0.05) is 32.9 Å². The first-order valence-corrected chi connectivity index (χ1v) is 11.6. The van der Waals surface area contributed by atoms with Gasteiger partial charge in [-0.25, -0.2) is 0 Å². The molecule has 0 saturated carbocycles. The molecule has 0 amide bonds. The molecular formula is C26H29N3O6. The van der Waals surface area contributed by atoms with E-state index in [2.05, 4.69) is 10.1 Å². The van der Waals surface area contributed by atoms with Crippen molar-refractivity contribution in [2.45, 2.75) is 66.2 Å². The van der Waals surface area contributed by atoms with Crippen molar-refractivity contribution >= 4 is 28.7 Å². The number of Topliss-reactive ketones (excluding diaryl/α,β-unsaturated/α-hetero) is 2. The minimum Gasteiger partial charge on any atom is -0.511 e. The van der Waals surface area contributed by atoms with E-state index in [1.54, 1.807) is 0 Å². The summed E-state index contributed by atoms with van der Waals surface area (Å²) >= 11 is 0. The van der Waals surface area contributed by atoms with Gasteiger partial charge in [-0.05, 0) is 35.8 Å². The Labute approximate surface area is 203 Å². The molecule has 2 aliphatic rings. The first-order valence-electron chi connectivity index (χ1n) is 11.6. The van der Waals surface area contributed by atoms with Crippen molar-refractivity contribution in [3.63, 3.8) is 0 Å². The van der Waals surface area contributed by atoms with Crippen LogP contribution in [0.15, 0.2) is 45.1 Å². The average Bonchev–Trinajstić information content (AvgIpc) is 3.12. The second kappa shape index (κ2) is 8.87. The monoisotopic (exact) mass is 479 g/mol. The predicted octanol–water partition coefficient (Wildman–Crippen LogP) is 5.64. The minimum atomic E-state index is -0.498. The van der Waals surface area contributed by atoms with E-state index in [0.717, 1.165) is 0 Å². The van der Waals surface area contributed by atoms with Gasteiger partial charge in [0, 0.05) is 37.8 Å². The van der Waals surface area contributed by atoms with Crippen molar-refractivity contribution in [2.75, 3.05) is 0 Å². The number of nitro groups is 1. The smallest absolute Gasteiger partial charge is 0.269 e. The molecular weight excluding hydrogens is 450 g/mol. The fraction of sp³-hybridized carbons (Fsp3) is 0.462. The van der Waals surface area contributed by atoms with Crippen LogP contribution in [0, 0.1) is 20.9 Å². The van der Waals surface area contributed by atoms with Crippen molar-refractivity contribution in [1.29, 1.82) is 0 Å². The number of aliphatic imine (C=N–C) groups is 1. The lowest BCUT2D eigenvalue weighted by molar-refractivity contribution is -0.384. The molecule has 184 valence electrons. The fourth-order valence-electron chi connectivity index (χ4n) is 4.88. The lowest BCUT2D eigenvalue weighted by Crippen LogP contribution is -2.29. The molecule has 2 aromatic rings. The molecule has 0 atom stereocenters. The van der Waals surface area contributed by atoms with Gasteiger partial charge in [0.15, 0.2) is 11.6 Å². The maximum Gasteiger partial charge on any atom is 0.269 e. The number of hydrogen-bond acceptors (Lipinski definition) is 8. The SMILES string of the molecule is CC1(C)CC(=O)C(C(CCc2noc3c2C(=O)CC(C)(C)C3)=Nc2ccc([N+](=O)[O-])cc2)=C(O)C1. The van der Waals surface area contributed by atoms with E-state index in [1.807, 2.05) is 27.7 Å². The van der Waals surface area contributed by atoms with Crippen LogP contribution in [0.1, 0.15) is 75.2 Å². The van der Waals surface area contributed by atoms with Crippen LogP contribution in [0.4, 0.5) is 11.4 Å². The molecule has 1 aromatic carbocycles. The molecule has 0 fully saturated rings. The third kappa shape index (κ3) is 5.23. The Bertz CT molecular complexity index is 1260. The van der Waals surface area contributed by atoms with Gasteiger partial charge in [-0.15, -0.1) is 0 Å². The standard InChI is InChI=1S/C26H29N3O6/c1-25(2)11-19(30)23(20(31)12-25)17(27-15-5-7-16(8-6-15)29(33)34)9-10-18-24-21(32)13-26(3,4)14-22(24)35-28-18/h5-8,30H,9-14H2,1-4H3. The summed E-state index contributed by atoms with van der Waals surface area (Å²) in [6, 6.07) is 5.67. The zero-order valence-corrected chi connectivity index (χ0v) is 20.4. The summed E-state index contributed by atoms with van der Waals surface area (Å²) in [4.78, 5) is 40.9. The molecule has 9 nitrogen and oxygen atoms in total. The number of aliphatic hydroxyl groups excluding tert-OH is 1. The summed E-state index contributed by atoms with van der Waals surface area (Å²) in [5.74, 6) is 0.331. The molecule has 1 heterocycles. The fourth-order valence-corrected chi connectivity index (χ4v) is 4.88. The number of ketones is 2. The van der Waals surface area contributed by atoms with Gasteiger partial charge >= 0.3 is 0 Å². The highest BCUT2D eigenvalue weighted by atomic mass is 16.6. The zero-order chi connectivity index (χ0) is 25.5. The van der Waals surface area contributed by atoms with Crippen molar-refractivity contribution in [3.8, 4) is 0 Å². The van der Waals surface area contributed by atoms with E-state index in [4.69, 9.17) is 4.52 Å². The number of fused-ring (bicyclic) bond motifs is 1. The van der Waals surface area contributed by atoms with Gasteiger partial charge in [-0.2, -0.15) is 0 Å². The van der Waals surface area contributed by atoms with E-state index in [1.165, 1.54) is 24.3 Å². The molecule has 0 radical (unpaired) electrons. The van der Waals surface area contributed by atoms with Crippen LogP contribution in [0.25, 0.3) is 0 Å². The molecule has 9 heteroatoms. The van der Waals surface area contributed by atoms with Gasteiger partial charge in [-0.3, -0.25) is 24.7 Å². The topological polar surface area (TPSA) is 136 Å². The summed E-state index contributed by atoms with van der Waals surface area (Å²) in [5.41, 5.74) is 1.34. The molecule has 0 aliphatic heterocycles. The van der Waals surface area contributed by atoms with Crippen LogP contribution in [-0.2, 0) is 17.6 Å². The molecule has 0 bridgehead atoms. The number of nitro benzene ring substituents is 1. The van der Waals surface area contributed by atoms with E-state index in [0.29, 0.717) is 54.1 Å². The maximum absolute atomic E-state index is 13.0. The number of aromatic nitrogens is 1. The molecule has 1 aromatic heterocycles. The largest absolute Gasteiger partial charge is 0.511 e. The van der Waals surface area contributed by atoms with Crippen molar-refractivity contribution < 1.29 is 24.1 Å². The van der Waals surface area contributed by atoms with E-state index >= 15 is 0 Å². The van der Waals surface area contributed by atoms with Crippen LogP contribution < -0.4 is 0 Å². The second-order valence-corrected chi connectivity index (χ2v) is 11.0. The Balaban J connectivity index is 1.69. The highest BCUT2D eigenvalue weighted by molar-refractivity contribution is 6.23. The number of rotatable bonds is 6. The molecule has 35 heavy (non-hydrogen) atoms. The summed E-state index contributed by atoms with van der Waals surface area (Å²) in [6.07, 6.45) is 2.14. The third-order valence-corrected chi connectivity index (χ3v) is 6.45. The second-order valence-electron chi connectivity index (χ2n) is 11.0. The van der Waals surface area contributed by atoms with Crippen LogP contribution in [0.3, 0.4) is 0 Å². The number of hydrogen-bond donors (Lipinski definition) is 1. The van der Waals surface area contributed by atoms with Gasteiger partial charge in [0.1, 0.15) is 11.5 Å². The Morgan fingerprint density at radius 1 is 1.06 bits per heavy atom. The molecule has 0 unspecified atom stereocenters. The number of nitrogens with zero attached hydrogens (tertiary/aromatic N) is 3. The van der Waals surface area contributed by atoms with Crippen LogP contribution in [0.5, 0.6) is 0 Å². The highest BCUT2D eigenvalue weighted by Crippen LogP contribution is 2.38. The Hall–Kier alpha value is -3.62. The van der Waals surface area contributed by atoms with Crippen molar-refractivity contribution in [3.05, 3.63) is 62.7 Å². The maximum atomic E-state index is 13.0. The summed E-state index contributed by atoms with van der Waals surface area (Å²) in [6.45, 7) is 7.85. The number of aryl methyl sites for hydroxylation is 1. The van der Waals surface area contributed by atoms with Crippen LogP contribution in [0.2, 0.25) is 0 Å². The Morgan fingerprint density at radius 2 is 1.69 bits per heavy atom. The highest BCUT2D eigenvalue weighted by Gasteiger charge is 2.37. The van der Waals surface area contributed by atoms with Crippen LogP contribution in [-0.4, -0.2) is 32.5 Å². The van der Waals surface area contributed by atoms with Crippen LogP contribution >= 0.6 is 0 Å². The number of carbonyl (C=O) groups is 2. The molecule has 0 saturated heterocycles. The Morgan fingerprint density at radius 3 is 2.31 bits per heavy atom. The first kappa shape index (κ1) is 24.5. The minimum absolute atomic E-state index is 0.0149. The molecule has 1 N–H and O–H groups in total. The van der Waals surface area contributed by atoms with Crippen molar-refractivity contribution in [2.24, 2.45) is 15.8 Å². The lowest BCUT2D eigenvalue weighted by atomic mass is 9.74. The zero-order valence-electron chi connectivity index (χ0n) is 20.4. The summed E-state index contributed by atoms with van der Waals surface area (Å²) in [7, 11) is 0. The van der Waals surface area contributed by atoms with Gasteiger partial charge in [0.05, 0.1) is 33.2 Å². The molecule has 2 aliphatic carbocycles. The third-order valence-electron chi connectivity index (χ3n) is 6.45.